The van der Waals surface area contributed by atoms with Crippen molar-refractivity contribution in [2.24, 2.45) is 5.92 Å². The smallest absolute Gasteiger partial charge is 0.203 e. The van der Waals surface area contributed by atoms with Gasteiger partial charge in [0, 0.05) is 29.3 Å². The van der Waals surface area contributed by atoms with E-state index in [9.17, 15) is 0 Å². The minimum Gasteiger partial charge on any atom is -0.493 e. The summed E-state index contributed by atoms with van der Waals surface area (Å²) in [4.78, 5) is 0. The molecule has 0 bridgehead atoms. The lowest BCUT2D eigenvalue weighted by Gasteiger charge is -2.43. The third kappa shape index (κ3) is 3.00. The zero-order valence-electron chi connectivity index (χ0n) is 16.4. The van der Waals surface area contributed by atoms with Gasteiger partial charge in [-0.25, -0.2) is 0 Å². The molecule has 1 unspecified atom stereocenters. The summed E-state index contributed by atoms with van der Waals surface area (Å²) in [5, 5.41) is 3.75. The van der Waals surface area contributed by atoms with Crippen LogP contribution in [-0.2, 0) is 4.74 Å². The molecule has 0 aromatic heterocycles. The number of rotatable bonds is 4. The summed E-state index contributed by atoms with van der Waals surface area (Å²) in [5.41, 5.74) is 4.72. The number of hydrogen-bond donors (Lipinski definition) is 1. The monoisotopic (exact) mass is 369 g/mol. The maximum atomic E-state index is 6.25. The van der Waals surface area contributed by atoms with Crippen LogP contribution in [0.1, 0.15) is 41.7 Å². The van der Waals surface area contributed by atoms with Gasteiger partial charge in [-0.3, -0.25) is 0 Å². The Balaban J connectivity index is 1.83. The van der Waals surface area contributed by atoms with Crippen LogP contribution in [0.4, 0.5) is 5.69 Å². The van der Waals surface area contributed by atoms with E-state index < -0.39 is 0 Å². The molecule has 2 heterocycles. The van der Waals surface area contributed by atoms with Gasteiger partial charge in [0.05, 0.1) is 33.5 Å². The molecule has 1 fully saturated rings. The van der Waals surface area contributed by atoms with Crippen molar-refractivity contribution < 1.29 is 18.9 Å². The van der Waals surface area contributed by atoms with Crippen LogP contribution < -0.4 is 19.5 Å². The van der Waals surface area contributed by atoms with Crippen LogP contribution >= 0.6 is 0 Å². The summed E-state index contributed by atoms with van der Waals surface area (Å²) in [5.74, 6) is 2.35. The third-order valence-corrected chi connectivity index (χ3v) is 5.69. The Morgan fingerprint density at radius 2 is 1.78 bits per heavy atom. The quantitative estimate of drug-likeness (QED) is 0.850. The zero-order valence-corrected chi connectivity index (χ0v) is 16.4. The highest BCUT2D eigenvalue weighted by Crippen LogP contribution is 2.53. The average Bonchev–Trinajstić information content (AvgIpc) is 2.72. The number of ether oxygens (including phenoxy) is 4. The normalized spacial score (nSPS) is 23.6. The van der Waals surface area contributed by atoms with Crippen LogP contribution in [0.3, 0.4) is 0 Å². The van der Waals surface area contributed by atoms with Crippen LogP contribution in [0.5, 0.6) is 17.2 Å². The molecule has 1 N–H and O–H groups in total. The van der Waals surface area contributed by atoms with Crippen molar-refractivity contribution in [3.8, 4) is 17.2 Å². The molecule has 0 radical (unpaired) electrons. The zero-order chi connectivity index (χ0) is 19.0. The number of hydrogen-bond acceptors (Lipinski definition) is 5. The summed E-state index contributed by atoms with van der Waals surface area (Å²) in [6.07, 6.45) is 2.27. The van der Waals surface area contributed by atoms with Crippen molar-refractivity contribution in [2.75, 3.05) is 33.3 Å². The second kappa shape index (κ2) is 7.31. The van der Waals surface area contributed by atoms with Gasteiger partial charge in [0.25, 0.3) is 0 Å². The van der Waals surface area contributed by atoms with Crippen molar-refractivity contribution in [3.05, 3.63) is 47.0 Å². The molecule has 2 aliphatic heterocycles. The maximum absolute atomic E-state index is 6.25. The van der Waals surface area contributed by atoms with Gasteiger partial charge in [-0.1, -0.05) is 17.7 Å². The first kappa shape index (κ1) is 18.0. The predicted octanol–water partition coefficient (Wildman–Crippen LogP) is 4.66. The topological polar surface area (TPSA) is 49.0 Å². The lowest BCUT2D eigenvalue weighted by atomic mass is 9.77. The molecule has 5 nitrogen and oxygen atoms in total. The third-order valence-electron chi connectivity index (χ3n) is 5.69. The van der Waals surface area contributed by atoms with E-state index in [4.69, 9.17) is 18.9 Å². The molecule has 27 heavy (non-hydrogen) atoms. The van der Waals surface area contributed by atoms with Crippen molar-refractivity contribution >= 4 is 5.69 Å². The Bertz CT molecular complexity index is 835. The van der Waals surface area contributed by atoms with Gasteiger partial charge in [0.2, 0.25) is 5.75 Å². The average molecular weight is 369 g/mol. The minimum absolute atomic E-state index is 0.0836. The van der Waals surface area contributed by atoms with Crippen LogP contribution in [0.15, 0.2) is 30.3 Å². The molecular weight excluding hydrogens is 342 g/mol. The van der Waals surface area contributed by atoms with E-state index in [1.807, 2.05) is 6.07 Å². The largest absolute Gasteiger partial charge is 0.493 e. The van der Waals surface area contributed by atoms with E-state index in [2.05, 4.69) is 36.5 Å². The van der Waals surface area contributed by atoms with Crippen molar-refractivity contribution in [2.45, 2.75) is 31.9 Å². The Morgan fingerprint density at radius 3 is 2.52 bits per heavy atom. The Morgan fingerprint density at radius 1 is 0.963 bits per heavy atom. The highest BCUT2D eigenvalue weighted by molar-refractivity contribution is 5.62. The molecule has 1 saturated heterocycles. The molecule has 2 aromatic carbocycles. The van der Waals surface area contributed by atoms with Crippen LogP contribution in [0, 0.1) is 12.8 Å². The van der Waals surface area contributed by atoms with Gasteiger partial charge >= 0.3 is 0 Å². The molecule has 5 heteroatoms. The molecule has 144 valence electrons. The van der Waals surface area contributed by atoms with Crippen LogP contribution in [-0.4, -0.2) is 27.9 Å². The molecule has 0 saturated carbocycles. The summed E-state index contributed by atoms with van der Waals surface area (Å²) >= 11 is 0. The van der Waals surface area contributed by atoms with E-state index >= 15 is 0 Å². The highest BCUT2D eigenvalue weighted by Gasteiger charge is 2.41. The standard InChI is InChI=1S/C22H27NO4/c1-13-7-9-17-16(12-13)20-14(6-5-11-27-20)19(23-17)15-8-10-18(24-2)22(26-4)21(15)25-3/h7-10,12,14,19-20,23H,5-6,11H2,1-4H3/t14-,19?,20-/m0/s1. The molecule has 0 spiro atoms. The van der Waals surface area contributed by atoms with E-state index in [-0.39, 0.29) is 12.1 Å². The van der Waals surface area contributed by atoms with Crippen LogP contribution in [0.25, 0.3) is 0 Å². The van der Waals surface area contributed by atoms with Gasteiger partial charge in [0.15, 0.2) is 11.5 Å². The number of methoxy groups -OCH3 is 3. The summed E-state index contributed by atoms with van der Waals surface area (Å²) in [6.45, 7) is 2.94. The number of anilines is 1. The number of aryl methyl sites for hydroxylation is 1. The molecule has 2 aliphatic rings. The van der Waals surface area contributed by atoms with E-state index in [1.165, 1.54) is 11.1 Å². The first-order chi connectivity index (χ1) is 13.2. The van der Waals surface area contributed by atoms with E-state index in [1.54, 1.807) is 21.3 Å². The lowest BCUT2D eigenvalue weighted by molar-refractivity contribution is -0.0383. The summed E-state index contributed by atoms with van der Waals surface area (Å²) in [6, 6.07) is 10.6. The molecule has 3 atom stereocenters. The Kier molecular flexibility index (Phi) is 4.87. The van der Waals surface area contributed by atoms with Crippen molar-refractivity contribution in [1.82, 2.24) is 0 Å². The van der Waals surface area contributed by atoms with Gasteiger partial charge in [-0.05, 0) is 38.0 Å². The van der Waals surface area contributed by atoms with E-state index in [0.717, 1.165) is 30.7 Å². The first-order valence-electron chi connectivity index (χ1n) is 9.45. The van der Waals surface area contributed by atoms with E-state index in [0.29, 0.717) is 23.2 Å². The Labute approximate surface area is 160 Å². The van der Waals surface area contributed by atoms with Gasteiger partial charge in [0.1, 0.15) is 0 Å². The second-order valence-electron chi connectivity index (χ2n) is 7.23. The highest BCUT2D eigenvalue weighted by atomic mass is 16.5. The summed E-state index contributed by atoms with van der Waals surface area (Å²) < 4.78 is 23.1. The molecular formula is C22H27NO4. The number of fused-ring (bicyclic) bond motifs is 3. The van der Waals surface area contributed by atoms with Crippen LogP contribution in [0.2, 0.25) is 0 Å². The molecule has 0 aliphatic carbocycles. The minimum atomic E-state index is 0.0836. The fourth-order valence-corrected chi connectivity index (χ4v) is 4.47. The molecule has 2 aromatic rings. The number of benzene rings is 2. The van der Waals surface area contributed by atoms with Gasteiger partial charge < -0.3 is 24.3 Å². The molecule has 4 rings (SSSR count). The predicted molar refractivity (Wildman–Crippen MR) is 105 cm³/mol. The lowest BCUT2D eigenvalue weighted by Crippen LogP contribution is -2.36. The fraction of sp³-hybridized carbons (Fsp3) is 0.455. The fourth-order valence-electron chi connectivity index (χ4n) is 4.47. The van der Waals surface area contributed by atoms with Crippen molar-refractivity contribution in [1.29, 1.82) is 0 Å². The Hall–Kier alpha value is -2.40. The summed E-state index contributed by atoms with van der Waals surface area (Å²) in [7, 11) is 4.96. The molecule has 0 amide bonds. The van der Waals surface area contributed by atoms with Gasteiger partial charge in [-0.15, -0.1) is 0 Å². The SMILES string of the molecule is COc1ccc(C2Nc3ccc(C)cc3[C@H]3OCCC[C@@H]23)c(OC)c1OC. The van der Waals surface area contributed by atoms with Crippen molar-refractivity contribution in [3.63, 3.8) is 0 Å². The first-order valence-corrected chi connectivity index (χ1v) is 9.45. The maximum Gasteiger partial charge on any atom is 0.203 e. The number of nitrogens with one attached hydrogen (secondary N) is 1. The second-order valence-corrected chi connectivity index (χ2v) is 7.23. The van der Waals surface area contributed by atoms with Gasteiger partial charge in [-0.2, -0.15) is 0 Å².